The van der Waals surface area contributed by atoms with Crippen molar-refractivity contribution in [2.75, 3.05) is 0 Å². The van der Waals surface area contributed by atoms with Gasteiger partial charge in [0, 0.05) is 17.6 Å². The number of fused-ring (bicyclic) bond motifs is 1. The molecule has 0 saturated heterocycles. The number of rotatable bonds is 6. The quantitative estimate of drug-likeness (QED) is 0.475. The van der Waals surface area contributed by atoms with Crippen molar-refractivity contribution in [3.63, 3.8) is 0 Å². The van der Waals surface area contributed by atoms with Crippen LogP contribution in [0.3, 0.4) is 0 Å². The first-order valence-electron chi connectivity index (χ1n) is 10.4. The third-order valence-corrected chi connectivity index (χ3v) is 7.58. The highest BCUT2D eigenvalue weighted by Gasteiger charge is 2.39. The van der Waals surface area contributed by atoms with Gasteiger partial charge in [0.2, 0.25) is 10.0 Å². The molecule has 0 unspecified atom stereocenters. The van der Waals surface area contributed by atoms with Crippen LogP contribution >= 0.6 is 0 Å². The van der Waals surface area contributed by atoms with E-state index < -0.39 is 38.9 Å². The second-order valence-corrected chi connectivity index (χ2v) is 10.1. The highest BCUT2D eigenvalue weighted by atomic mass is 32.2. The van der Waals surface area contributed by atoms with Crippen molar-refractivity contribution < 1.29 is 35.9 Å². The van der Waals surface area contributed by atoms with Crippen LogP contribution in [0.15, 0.2) is 35.4 Å². The number of halogens is 4. The molecular weight excluding hydrogens is 478 g/mol. The molecule has 4 rings (SSSR count). The lowest BCUT2D eigenvalue weighted by atomic mass is 9.92. The van der Waals surface area contributed by atoms with E-state index in [4.69, 9.17) is 0 Å². The first-order chi connectivity index (χ1) is 15.8. The smallest absolute Gasteiger partial charge is 0.404 e. The van der Waals surface area contributed by atoms with Crippen LogP contribution < -0.4 is 4.72 Å². The molecule has 2 aromatic heterocycles. The average Bonchev–Trinajstić information content (AvgIpc) is 3.00. The van der Waals surface area contributed by atoms with Crippen molar-refractivity contribution in [1.29, 1.82) is 0 Å². The van der Waals surface area contributed by atoms with Crippen molar-refractivity contribution in [3.05, 3.63) is 47.4 Å². The summed E-state index contributed by atoms with van der Waals surface area (Å²) in [5.74, 6) is -1.87. The Kier molecular flexibility index (Phi) is 5.93. The molecule has 0 amide bonds. The number of carbonyl (C=O) groups is 1. The zero-order chi connectivity index (χ0) is 25.0. The molecule has 1 atom stereocenters. The fourth-order valence-electron chi connectivity index (χ4n) is 3.97. The van der Waals surface area contributed by atoms with E-state index in [1.165, 1.54) is 6.07 Å². The van der Waals surface area contributed by atoms with Gasteiger partial charge in [-0.25, -0.2) is 17.6 Å². The molecule has 0 radical (unpaired) electrons. The second-order valence-electron chi connectivity index (χ2n) is 8.37. The summed E-state index contributed by atoms with van der Waals surface area (Å²) in [6.07, 6.45) is -1.41. The standard InChI is InChI=1S/C22H21F4N3O4S/c1-11-8-18-15(9-16(11)23)19(21(30)31)20(29(18)13-4-3-5-13)17-7-6-14(10-27-17)34(32,33)28-12(2)22(24,25)26/h6-10,12-13,28H,3-5H2,1-2H3,(H,30,31)/t12-/m0/s1. The Labute approximate surface area is 192 Å². The molecule has 0 spiro atoms. The van der Waals surface area contributed by atoms with Gasteiger partial charge >= 0.3 is 12.1 Å². The van der Waals surface area contributed by atoms with E-state index in [2.05, 4.69) is 4.98 Å². The number of pyridine rings is 1. The van der Waals surface area contributed by atoms with E-state index in [0.29, 0.717) is 18.0 Å². The predicted molar refractivity (Wildman–Crippen MR) is 116 cm³/mol. The lowest BCUT2D eigenvalue weighted by molar-refractivity contribution is -0.147. The summed E-state index contributed by atoms with van der Waals surface area (Å²) in [5.41, 5.74) is 0.996. The SMILES string of the molecule is Cc1cc2c(cc1F)c(C(=O)O)c(-c1ccc(S(=O)(=O)N[C@@H](C)C(F)(F)F)cn1)n2C1CCC1. The number of alkyl halides is 3. The van der Waals surface area contributed by atoms with Crippen LogP contribution in [0.1, 0.15) is 48.1 Å². The number of sulfonamides is 1. The fourth-order valence-corrected chi connectivity index (χ4v) is 5.15. The third-order valence-electron chi connectivity index (χ3n) is 6.05. The van der Waals surface area contributed by atoms with Crippen molar-refractivity contribution in [1.82, 2.24) is 14.3 Å². The van der Waals surface area contributed by atoms with Gasteiger partial charge < -0.3 is 9.67 Å². The van der Waals surface area contributed by atoms with Gasteiger partial charge in [0.25, 0.3) is 0 Å². The molecule has 1 saturated carbocycles. The Balaban J connectivity index is 1.86. The number of aryl methyl sites for hydroxylation is 1. The topological polar surface area (TPSA) is 101 Å². The number of hydrogen-bond acceptors (Lipinski definition) is 4. The Morgan fingerprint density at radius 2 is 1.94 bits per heavy atom. The van der Waals surface area contributed by atoms with Crippen molar-refractivity contribution >= 4 is 26.9 Å². The van der Waals surface area contributed by atoms with E-state index in [0.717, 1.165) is 37.6 Å². The Hall–Kier alpha value is -2.99. The summed E-state index contributed by atoms with van der Waals surface area (Å²) in [4.78, 5) is 15.8. The molecule has 2 N–H and O–H groups in total. The molecular formula is C22H21F4N3O4S. The minimum atomic E-state index is -4.77. The van der Waals surface area contributed by atoms with Crippen LogP contribution in [-0.2, 0) is 10.0 Å². The highest BCUT2D eigenvalue weighted by Crippen LogP contribution is 2.43. The molecule has 182 valence electrons. The normalized spacial score (nSPS) is 15.9. The number of benzene rings is 1. The van der Waals surface area contributed by atoms with Crippen LogP contribution in [0.4, 0.5) is 17.6 Å². The van der Waals surface area contributed by atoms with Gasteiger partial charge in [-0.15, -0.1) is 0 Å². The predicted octanol–water partition coefficient (Wildman–Crippen LogP) is 4.80. The summed E-state index contributed by atoms with van der Waals surface area (Å²) in [5, 5.41) is 10.1. The summed E-state index contributed by atoms with van der Waals surface area (Å²) in [6.45, 7) is 2.25. The van der Waals surface area contributed by atoms with E-state index in [-0.39, 0.29) is 28.4 Å². The molecule has 12 heteroatoms. The number of aromatic carboxylic acids is 1. The van der Waals surface area contributed by atoms with E-state index in [1.54, 1.807) is 22.3 Å². The zero-order valence-electron chi connectivity index (χ0n) is 18.1. The van der Waals surface area contributed by atoms with Crippen LogP contribution in [0, 0.1) is 12.7 Å². The van der Waals surface area contributed by atoms with Crippen LogP contribution in [-0.4, -0.2) is 41.3 Å². The first kappa shape index (κ1) is 24.1. The number of aromatic nitrogens is 2. The molecule has 34 heavy (non-hydrogen) atoms. The number of hydrogen-bond donors (Lipinski definition) is 2. The van der Waals surface area contributed by atoms with Crippen molar-refractivity contribution in [2.45, 2.75) is 56.3 Å². The Morgan fingerprint density at radius 1 is 1.26 bits per heavy atom. The molecule has 7 nitrogen and oxygen atoms in total. The van der Waals surface area contributed by atoms with Gasteiger partial charge in [-0.3, -0.25) is 4.98 Å². The summed E-state index contributed by atoms with van der Waals surface area (Å²) < 4.78 is 80.8. The van der Waals surface area contributed by atoms with Gasteiger partial charge in [0.1, 0.15) is 16.8 Å². The zero-order valence-corrected chi connectivity index (χ0v) is 19.0. The lowest BCUT2D eigenvalue weighted by Crippen LogP contribution is -2.42. The third kappa shape index (κ3) is 4.16. The number of carboxylic acid groups (broad SMARTS) is 1. The van der Waals surface area contributed by atoms with Crippen molar-refractivity contribution in [3.8, 4) is 11.4 Å². The molecule has 0 aliphatic heterocycles. The number of carboxylic acids is 1. The summed E-state index contributed by atoms with van der Waals surface area (Å²) in [7, 11) is -4.53. The van der Waals surface area contributed by atoms with Crippen LogP contribution in [0.2, 0.25) is 0 Å². The molecule has 3 aromatic rings. The fraction of sp³-hybridized carbons (Fsp3) is 0.364. The van der Waals surface area contributed by atoms with Crippen LogP contribution in [0.5, 0.6) is 0 Å². The van der Waals surface area contributed by atoms with Gasteiger partial charge in [-0.1, -0.05) is 0 Å². The van der Waals surface area contributed by atoms with E-state index in [9.17, 15) is 35.9 Å². The second kappa shape index (κ2) is 8.35. The molecule has 0 bridgehead atoms. The molecule has 1 aliphatic rings. The van der Waals surface area contributed by atoms with E-state index >= 15 is 0 Å². The van der Waals surface area contributed by atoms with Gasteiger partial charge in [0.05, 0.1) is 22.5 Å². The highest BCUT2D eigenvalue weighted by molar-refractivity contribution is 7.89. The van der Waals surface area contributed by atoms with Gasteiger partial charge in [-0.2, -0.15) is 17.9 Å². The summed E-state index contributed by atoms with van der Waals surface area (Å²) in [6, 6.07) is 2.68. The Bertz CT molecular complexity index is 1380. The largest absolute Gasteiger partial charge is 0.478 e. The minimum absolute atomic E-state index is 0.0463. The summed E-state index contributed by atoms with van der Waals surface area (Å²) >= 11 is 0. The van der Waals surface area contributed by atoms with E-state index in [1.807, 2.05) is 0 Å². The Morgan fingerprint density at radius 3 is 2.44 bits per heavy atom. The maximum Gasteiger partial charge on any atom is 0.404 e. The number of nitrogens with one attached hydrogen (secondary N) is 1. The maximum absolute atomic E-state index is 14.3. The van der Waals surface area contributed by atoms with Crippen LogP contribution in [0.25, 0.3) is 22.3 Å². The molecule has 1 fully saturated rings. The first-order valence-corrected chi connectivity index (χ1v) is 11.9. The molecule has 1 aromatic carbocycles. The van der Waals surface area contributed by atoms with Gasteiger partial charge in [0.15, 0.2) is 0 Å². The number of nitrogens with zero attached hydrogens (tertiary/aromatic N) is 2. The minimum Gasteiger partial charge on any atom is -0.478 e. The van der Waals surface area contributed by atoms with Gasteiger partial charge in [-0.05, 0) is 62.9 Å². The maximum atomic E-state index is 14.3. The molecule has 2 heterocycles. The average molecular weight is 499 g/mol. The molecule has 1 aliphatic carbocycles. The van der Waals surface area contributed by atoms with Crippen molar-refractivity contribution in [2.24, 2.45) is 0 Å². The lowest BCUT2D eigenvalue weighted by Gasteiger charge is -2.30. The monoisotopic (exact) mass is 499 g/mol.